The van der Waals surface area contributed by atoms with Crippen LogP contribution in [-0.4, -0.2) is 9.55 Å². The normalized spacial score (nSPS) is 10.8. The molecule has 0 spiro atoms. The summed E-state index contributed by atoms with van der Waals surface area (Å²) in [6, 6.07) is 10.2. The van der Waals surface area contributed by atoms with Gasteiger partial charge in [0.15, 0.2) is 3.83 Å². The first-order chi connectivity index (χ1) is 8.77. The Hall–Kier alpha value is -0.550. The highest BCUT2D eigenvalue weighted by atomic mass is 127. The second kappa shape index (κ2) is 6.57. The minimum Gasteiger partial charge on any atom is -0.322 e. The van der Waals surface area contributed by atoms with Gasteiger partial charge in [0.05, 0.1) is 17.3 Å². The van der Waals surface area contributed by atoms with Gasteiger partial charge in [-0.25, -0.2) is 4.98 Å². The van der Waals surface area contributed by atoms with Crippen LogP contribution in [0.3, 0.4) is 0 Å². The van der Waals surface area contributed by atoms with E-state index in [1.54, 1.807) is 0 Å². The van der Waals surface area contributed by atoms with Gasteiger partial charge in [-0.1, -0.05) is 43.7 Å². The van der Waals surface area contributed by atoms with Crippen molar-refractivity contribution >= 4 is 34.2 Å². The number of benzene rings is 1. The van der Waals surface area contributed by atoms with Gasteiger partial charge in [0.1, 0.15) is 0 Å². The molecular formula is C14H16ClIN2. The lowest BCUT2D eigenvalue weighted by molar-refractivity contribution is 0.605. The Balaban J connectivity index is 2.43. The summed E-state index contributed by atoms with van der Waals surface area (Å²) in [5, 5.41) is 0. The molecule has 0 aliphatic heterocycles. The van der Waals surface area contributed by atoms with Crippen LogP contribution < -0.4 is 0 Å². The molecule has 1 heterocycles. The maximum atomic E-state index is 6.12. The summed E-state index contributed by atoms with van der Waals surface area (Å²) in [5.74, 6) is 0.504. The average molecular weight is 375 g/mol. The zero-order chi connectivity index (χ0) is 13.0. The van der Waals surface area contributed by atoms with Gasteiger partial charge in [-0.05, 0) is 29.0 Å². The molecule has 1 aromatic carbocycles. The Labute approximate surface area is 127 Å². The van der Waals surface area contributed by atoms with Crippen LogP contribution in [0.5, 0.6) is 0 Å². The van der Waals surface area contributed by atoms with Crippen LogP contribution in [-0.2, 0) is 12.4 Å². The number of nitrogens with zero attached hydrogens (tertiary/aromatic N) is 2. The third-order valence-corrected chi connectivity index (χ3v) is 4.01. The van der Waals surface area contributed by atoms with E-state index in [4.69, 9.17) is 11.6 Å². The Morgan fingerprint density at radius 1 is 1.28 bits per heavy atom. The van der Waals surface area contributed by atoms with Gasteiger partial charge in [0.2, 0.25) is 0 Å². The molecule has 2 rings (SSSR count). The van der Waals surface area contributed by atoms with Crippen molar-refractivity contribution in [1.29, 1.82) is 0 Å². The number of alkyl halides is 1. The SMILES string of the molecule is CCCCn1c(I)nc(-c2ccccc2)c1CCl. The van der Waals surface area contributed by atoms with Gasteiger partial charge in [-0.15, -0.1) is 11.6 Å². The third kappa shape index (κ3) is 2.88. The molecule has 0 aliphatic carbocycles. The standard InChI is InChI=1S/C14H16ClIN2/c1-2-3-9-18-12(10-15)13(17-14(18)16)11-7-5-4-6-8-11/h4-8H,2-3,9-10H2,1H3. The molecular weight excluding hydrogens is 359 g/mol. The first-order valence-corrected chi connectivity index (χ1v) is 7.75. The van der Waals surface area contributed by atoms with E-state index in [2.05, 4.69) is 51.2 Å². The van der Waals surface area contributed by atoms with Crippen molar-refractivity contribution in [3.63, 3.8) is 0 Å². The first-order valence-electron chi connectivity index (χ1n) is 6.14. The van der Waals surface area contributed by atoms with Crippen LogP contribution in [0.15, 0.2) is 30.3 Å². The van der Waals surface area contributed by atoms with E-state index in [-0.39, 0.29) is 0 Å². The van der Waals surface area contributed by atoms with Crippen LogP contribution >= 0.6 is 34.2 Å². The van der Waals surface area contributed by atoms with Crippen molar-refractivity contribution in [2.24, 2.45) is 0 Å². The third-order valence-electron chi connectivity index (χ3n) is 2.94. The van der Waals surface area contributed by atoms with E-state index < -0.39 is 0 Å². The van der Waals surface area contributed by atoms with Crippen LogP contribution in [0.4, 0.5) is 0 Å². The number of imidazole rings is 1. The molecule has 0 atom stereocenters. The highest BCUT2D eigenvalue weighted by molar-refractivity contribution is 14.1. The molecule has 0 unspecified atom stereocenters. The quantitative estimate of drug-likeness (QED) is 0.548. The number of aromatic nitrogens is 2. The van der Waals surface area contributed by atoms with Crippen LogP contribution in [0.2, 0.25) is 0 Å². The predicted octanol–water partition coefficient (Wildman–Crippen LogP) is 4.69. The Morgan fingerprint density at radius 3 is 2.61 bits per heavy atom. The number of hydrogen-bond donors (Lipinski definition) is 0. The highest BCUT2D eigenvalue weighted by Crippen LogP contribution is 2.26. The zero-order valence-electron chi connectivity index (χ0n) is 10.4. The van der Waals surface area contributed by atoms with E-state index in [1.807, 2.05) is 18.2 Å². The topological polar surface area (TPSA) is 17.8 Å². The lowest BCUT2D eigenvalue weighted by Gasteiger charge is -2.07. The zero-order valence-corrected chi connectivity index (χ0v) is 13.3. The van der Waals surface area contributed by atoms with Gasteiger partial charge in [0, 0.05) is 12.1 Å². The second-order valence-electron chi connectivity index (χ2n) is 4.18. The van der Waals surface area contributed by atoms with Gasteiger partial charge >= 0.3 is 0 Å². The van der Waals surface area contributed by atoms with Crippen molar-refractivity contribution < 1.29 is 0 Å². The molecule has 0 N–H and O–H groups in total. The molecule has 0 saturated carbocycles. The molecule has 18 heavy (non-hydrogen) atoms. The number of hydrogen-bond acceptors (Lipinski definition) is 1. The summed E-state index contributed by atoms with van der Waals surface area (Å²) < 4.78 is 3.26. The van der Waals surface area contributed by atoms with E-state index in [0.717, 1.165) is 33.7 Å². The molecule has 0 radical (unpaired) electrons. The lowest BCUT2D eigenvalue weighted by Crippen LogP contribution is -2.04. The first kappa shape index (κ1) is 13.9. The summed E-state index contributed by atoms with van der Waals surface area (Å²) in [6.07, 6.45) is 2.33. The largest absolute Gasteiger partial charge is 0.322 e. The molecule has 0 fully saturated rings. The summed E-state index contributed by atoms with van der Waals surface area (Å²) in [6.45, 7) is 3.19. The average Bonchev–Trinajstić information content (AvgIpc) is 2.73. The summed E-state index contributed by atoms with van der Waals surface area (Å²) in [5.41, 5.74) is 3.29. The fraction of sp³-hybridized carbons (Fsp3) is 0.357. The van der Waals surface area contributed by atoms with Crippen molar-refractivity contribution in [3.8, 4) is 11.3 Å². The fourth-order valence-corrected chi connectivity index (χ4v) is 3.01. The van der Waals surface area contributed by atoms with Gasteiger partial charge in [0.25, 0.3) is 0 Å². The Morgan fingerprint density at radius 2 is 2.00 bits per heavy atom. The minimum absolute atomic E-state index is 0.504. The highest BCUT2D eigenvalue weighted by Gasteiger charge is 2.15. The van der Waals surface area contributed by atoms with Gasteiger partial charge < -0.3 is 4.57 Å². The molecule has 96 valence electrons. The summed E-state index contributed by atoms with van der Waals surface area (Å²) in [4.78, 5) is 4.67. The maximum absolute atomic E-state index is 6.12. The Bertz CT molecular complexity index is 508. The monoisotopic (exact) mass is 374 g/mol. The van der Waals surface area contributed by atoms with E-state index in [0.29, 0.717) is 5.88 Å². The molecule has 2 nitrogen and oxygen atoms in total. The van der Waals surface area contributed by atoms with Crippen LogP contribution in [0, 0.1) is 3.83 Å². The summed E-state index contributed by atoms with van der Waals surface area (Å²) >= 11 is 8.41. The number of halogens is 2. The molecule has 0 saturated heterocycles. The van der Waals surface area contributed by atoms with Crippen molar-refractivity contribution in [1.82, 2.24) is 9.55 Å². The van der Waals surface area contributed by atoms with Crippen molar-refractivity contribution in [2.75, 3.05) is 0 Å². The molecule has 4 heteroatoms. The second-order valence-corrected chi connectivity index (χ2v) is 5.41. The lowest BCUT2D eigenvalue weighted by atomic mass is 10.1. The van der Waals surface area contributed by atoms with Crippen molar-refractivity contribution in [3.05, 3.63) is 39.9 Å². The van der Waals surface area contributed by atoms with Crippen LogP contribution in [0.25, 0.3) is 11.3 Å². The smallest absolute Gasteiger partial charge is 0.172 e. The minimum atomic E-state index is 0.504. The predicted molar refractivity (Wildman–Crippen MR) is 84.8 cm³/mol. The maximum Gasteiger partial charge on any atom is 0.172 e. The molecule has 0 amide bonds. The van der Waals surface area contributed by atoms with Crippen LogP contribution in [0.1, 0.15) is 25.5 Å². The van der Waals surface area contributed by atoms with E-state index in [1.165, 1.54) is 6.42 Å². The summed E-state index contributed by atoms with van der Waals surface area (Å²) in [7, 11) is 0. The van der Waals surface area contributed by atoms with Crippen molar-refractivity contribution in [2.45, 2.75) is 32.2 Å². The fourth-order valence-electron chi connectivity index (χ4n) is 1.96. The molecule has 0 aliphatic rings. The van der Waals surface area contributed by atoms with E-state index >= 15 is 0 Å². The Kier molecular flexibility index (Phi) is 5.06. The molecule has 2 aromatic rings. The van der Waals surface area contributed by atoms with Gasteiger partial charge in [-0.2, -0.15) is 0 Å². The number of rotatable bonds is 5. The molecule has 1 aromatic heterocycles. The van der Waals surface area contributed by atoms with E-state index in [9.17, 15) is 0 Å². The molecule has 0 bridgehead atoms. The number of unbranched alkanes of at least 4 members (excludes halogenated alkanes) is 1. The van der Waals surface area contributed by atoms with Gasteiger partial charge in [-0.3, -0.25) is 0 Å².